The Balaban J connectivity index is 0.00000400. The second kappa shape index (κ2) is 9.43. The van der Waals surface area contributed by atoms with E-state index in [9.17, 15) is 10.1 Å². The molecule has 0 fully saturated rings. The van der Waals surface area contributed by atoms with E-state index in [0.717, 1.165) is 18.1 Å². The maximum atomic E-state index is 10.9. The Morgan fingerprint density at radius 3 is 2.67 bits per heavy atom. The van der Waals surface area contributed by atoms with Crippen molar-refractivity contribution >= 4 is 11.8 Å². The number of rotatable bonds is 8. The van der Waals surface area contributed by atoms with Gasteiger partial charge < -0.3 is 20.8 Å². The number of hydrogen-bond acceptors (Lipinski definition) is 7. The van der Waals surface area contributed by atoms with E-state index < -0.39 is 0 Å². The molecule has 21 heavy (non-hydrogen) atoms. The van der Waals surface area contributed by atoms with Gasteiger partial charge in [0.2, 0.25) is 0 Å². The number of nitrogens with zero attached hydrogens (tertiary/aromatic N) is 2. The quantitative estimate of drug-likeness (QED) is 0.560. The van der Waals surface area contributed by atoms with Gasteiger partial charge in [-0.15, -0.1) is 11.8 Å². The molecule has 1 unspecified atom stereocenters. The van der Waals surface area contributed by atoms with Gasteiger partial charge in [-0.2, -0.15) is 0 Å². The summed E-state index contributed by atoms with van der Waals surface area (Å²) in [5.41, 5.74) is 0.164. The van der Waals surface area contributed by atoms with E-state index in [1.807, 2.05) is 38.1 Å². The molecule has 1 aromatic heterocycles. The summed E-state index contributed by atoms with van der Waals surface area (Å²) in [6.45, 7) is 2.57. The molecule has 1 aromatic rings. The van der Waals surface area contributed by atoms with E-state index in [1.54, 1.807) is 7.05 Å². The number of hydrogen-bond donors (Lipinski definition) is 2. The fraction of sp³-hybridized carbons (Fsp3) is 0.538. The number of thioether (sulfide) groups is 1. The third-order valence-electron chi connectivity index (χ3n) is 2.58. The van der Waals surface area contributed by atoms with Gasteiger partial charge in [-0.1, -0.05) is 0 Å². The SMILES string of the molecule is CNC=C(C(C)SCc1ccc(CN(C)C)o1)[N+](=O)[O-].N. The van der Waals surface area contributed by atoms with Crippen molar-refractivity contribution in [2.24, 2.45) is 0 Å². The summed E-state index contributed by atoms with van der Waals surface area (Å²) in [6.07, 6.45) is 1.43. The highest BCUT2D eigenvalue weighted by Crippen LogP contribution is 2.24. The first-order chi connectivity index (χ1) is 9.43. The molecule has 0 radical (unpaired) electrons. The monoisotopic (exact) mass is 316 g/mol. The Morgan fingerprint density at radius 2 is 2.14 bits per heavy atom. The van der Waals surface area contributed by atoms with E-state index >= 15 is 0 Å². The molecule has 1 rings (SSSR count). The van der Waals surface area contributed by atoms with Crippen molar-refractivity contribution in [3.05, 3.63) is 45.7 Å². The van der Waals surface area contributed by atoms with Crippen LogP contribution >= 0.6 is 11.8 Å². The fourth-order valence-electron chi connectivity index (χ4n) is 1.66. The molecule has 0 amide bonds. The molecule has 0 bridgehead atoms. The molecule has 0 aromatic carbocycles. The second-order valence-corrected chi connectivity index (χ2v) is 6.00. The molecular formula is C13H24N4O3S. The molecule has 0 aliphatic carbocycles. The van der Waals surface area contributed by atoms with Crippen LogP contribution in [0.15, 0.2) is 28.4 Å². The van der Waals surface area contributed by atoms with Gasteiger partial charge in [0.05, 0.1) is 28.7 Å². The van der Waals surface area contributed by atoms with E-state index in [1.165, 1.54) is 18.0 Å². The molecule has 0 aliphatic heterocycles. The van der Waals surface area contributed by atoms with Crippen LogP contribution in [0, 0.1) is 10.1 Å². The standard InChI is InChI=1S/C13H21N3O3S.H3N/c1-10(13(7-14-2)16(17)18)20-9-12-6-5-11(19-12)8-15(3)4;/h5-7,10,14H,8-9H2,1-4H3;1H3. The van der Waals surface area contributed by atoms with Crippen molar-refractivity contribution in [1.29, 1.82) is 0 Å². The smallest absolute Gasteiger partial charge is 0.274 e. The summed E-state index contributed by atoms with van der Waals surface area (Å²) < 4.78 is 5.68. The van der Waals surface area contributed by atoms with Gasteiger partial charge in [0.15, 0.2) is 0 Å². The van der Waals surface area contributed by atoms with E-state index in [0.29, 0.717) is 5.75 Å². The Labute approximate surface area is 129 Å². The predicted octanol–water partition coefficient (Wildman–Crippen LogP) is 2.46. The first-order valence-corrected chi connectivity index (χ1v) is 7.34. The van der Waals surface area contributed by atoms with E-state index in [4.69, 9.17) is 4.42 Å². The summed E-state index contributed by atoms with van der Waals surface area (Å²) in [6, 6.07) is 3.87. The average molecular weight is 316 g/mol. The van der Waals surface area contributed by atoms with Crippen LogP contribution in [-0.2, 0) is 12.3 Å². The molecule has 1 heterocycles. The average Bonchev–Trinajstić information content (AvgIpc) is 2.79. The molecule has 0 saturated carbocycles. The fourth-order valence-corrected chi connectivity index (χ4v) is 2.55. The van der Waals surface area contributed by atoms with Crippen LogP contribution in [0.3, 0.4) is 0 Å². The minimum absolute atomic E-state index is 0. The van der Waals surface area contributed by atoms with Crippen molar-refractivity contribution in [1.82, 2.24) is 16.4 Å². The van der Waals surface area contributed by atoms with Gasteiger partial charge in [0.25, 0.3) is 5.70 Å². The summed E-state index contributed by atoms with van der Waals surface area (Å²) in [7, 11) is 5.61. The van der Waals surface area contributed by atoms with Crippen LogP contribution in [0.25, 0.3) is 0 Å². The largest absolute Gasteiger partial charge is 0.464 e. The zero-order valence-electron chi connectivity index (χ0n) is 13.0. The van der Waals surface area contributed by atoms with E-state index in [2.05, 4.69) is 5.32 Å². The van der Waals surface area contributed by atoms with Crippen LogP contribution < -0.4 is 11.5 Å². The Kier molecular flexibility index (Phi) is 8.75. The van der Waals surface area contributed by atoms with Gasteiger partial charge in [-0.3, -0.25) is 10.1 Å². The Hall–Kier alpha value is -1.51. The van der Waals surface area contributed by atoms with Gasteiger partial charge in [0, 0.05) is 7.05 Å². The third kappa shape index (κ3) is 6.65. The molecule has 0 spiro atoms. The van der Waals surface area contributed by atoms with Crippen LogP contribution in [0.4, 0.5) is 0 Å². The van der Waals surface area contributed by atoms with Crippen molar-refractivity contribution < 1.29 is 9.34 Å². The van der Waals surface area contributed by atoms with Gasteiger partial charge in [-0.05, 0) is 33.2 Å². The summed E-state index contributed by atoms with van der Waals surface area (Å²) >= 11 is 1.48. The molecular weight excluding hydrogens is 292 g/mol. The molecule has 0 saturated heterocycles. The minimum Gasteiger partial charge on any atom is -0.464 e. The maximum Gasteiger partial charge on any atom is 0.274 e. The first kappa shape index (κ1) is 19.5. The van der Waals surface area contributed by atoms with Gasteiger partial charge >= 0.3 is 0 Å². The van der Waals surface area contributed by atoms with Crippen molar-refractivity contribution in [3.8, 4) is 0 Å². The molecule has 4 N–H and O–H groups in total. The first-order valence-electron chi connectivity index (χ1n) is 6.29. The lowest BCUT2D eigenvalue weighted by atomic mass is 10.4. The third-order valence-corrected chi connectivity index (χ3v) is 3.78. The predicted molar refractivity (Wildman–Crippen MR) is 86.0 cm³/mol. The van der Waals surface area contributed by atoms with Gasteiger partial charge in [0.1, 0.15) is 11.5 Å². The van der Waals surface area contributed by atoms with E-state index in [-0.39, 0.29) is 22.0 Å². The number of nitrogens with one attached hydrogen (secondary N) is 1. The van der Waals surface area contributed by atoms with Crippen molar-refractivity contribution in [2.45, 2.75) is 24.5 Å². The molecule has 1 atom stereocenters. The lowest BCUT2D eigenvalue weighted by Gasteiger charge is -2.08. The van der Waals surface area contributed by atoms with Gasteiger partial charge in [-0.25, -0.2) is 0 Å². The second-order valence-electron chi connectivity index (χ2n) is 4.67. The zero-order valence-corrected chi connectivity index (χ0v) is 13.8. The minimum atomic E-state index is -0.353. The zero-order chi connectivity index (χ0) is 15.1. The van der Waals surface area contributed by atoms with Crippen molar-refractivity contribution in [3.63, 3.8) is 0 Å². The van der Waals surface area contributed by atoms with Crippen LogP contribution in [0.2, 0.25) is 0 Å². The summed E-state index contributed by atoms with van der Waals surface area (Å²) in [5.74, 6) is 2.35. The normalized spacial score (nSPS) is 12.9. The number of nitro groups is 1. The Morgan fingerprint density at radius 1 is 1.52 bits per heavy atom. The molecule has 120 valence electrons. The molecule has 7 nitrogen and oxygen atoms in total. The summed E-state index contributed by atoms with van der Waals surface area (Å²) in [4.78, 5) is 12.6. The summed E-state index contributed by atoms with van der Waals surface area (Å²) in [5, 5.41) is 13.4. The highest BCUT2D eigenvalue weighted by Gasteiger charge is 2.21. The number of furan rings is 1. The topological polar surface area (TPSA) is 107 Å². The maximum absolute atomic E-state index is 10.9. The highest BCUT2D eigenvalue weighted by atomic mass is 32.2. The lowest BCUT2D eigenvalue weighted by molar-refractivity contribution is -0.427. The molecule has 8 heteroatoms. The van der Waals surface area contributed by atoms with Crippen molar-refractivity contribution in [2.75, 3.05) is 21.1 Å². The van der Waals surface area contributed by atoms with Crippen LogP contribution in [-0.4, -0.2) is 36.2 Å². The highest BCUT2D eigenvalue weighted by molar-refractivity contribution is 7.99. The Bertz CT molecular complexity index is 474. The van der Waals surface area contributed by atoms with Crippen LogP contribution in [0.1, 0.15) is 18.4 Å². The molecule has 0 aliphatic rings. The lowest BCUT2D eigenvalue weighted by Crippen LogP contribution is -2.14. The van der Waals surface area contributed by atoms with Crippen LogP contribution in [0.5, 0.6) is 0 Å².